The van der Waals surface area contributed by atoms with Crippen LogP contribution in [-0.2, 0) is 0 Å². The molecular formula is C19H22N6S. The van der Waals surface area contributed by atoms with Gasteiger partial charge >= 0.3 is 0 Å². The van der Waals surface area contributed by atoms with E-state index in [1.165, 1.54) is 17.9 Å². The molecule has 0 aliphatic carbocycles. The lowest BCUT2D eigenvalue weighted by Crippen LogP contribution is -2.51. The molecule has 4 heterocycles. The molecule has 3 aromatic rings. The van der Waals surface area contributed by atoms with E-state index in [9.17, 15) is 0 Å². The van der Waals surface area contributed by atoms with Crippen molar-refractivity contribution in [2.75, 3.05) is 42.6 Å². The number of benzene rings is 1. The van der Waals surface area contributed by atoms with Gasteiger partial charge in [-0.2, -0.15) is 26.4 Å². The molecule has 26 heavy (non-hydrogen) atoms. The van der Waals surface area contributed by atoms with Crippen LogP contribution < -0.4 is 4.90 Å². The van der Waals surface area contributed by atoms with Crippen LogP contribution in [0.4, 0.5) is 5.82 Å². The second kappa shape index (κ2) is 6.89. The van der Waals surface area contributed by atoms with Crippen molar-refractivity contribution in [2.45, 2.75) is 12.5 Å². The molecule has 0 radical (unpaired) electrons. The van der Waals surface area contributed by atoms with Crippen LogP contribution in [0.2, 0.25) is 0 Å². The summed E-state index contributed by atoms with van der Waals surface area (Å²) in [6.07, 6.45) is 2.93. The van der Waals surface area contributed by atoms with Gasteiger partial charge in [0.1, 0.15) is 12.1 Å². The summed E-state index contributed by atoms with van der Waals surface area (Å²) in [7, 11) is 0. The van der Waals surface area contributed by atoms with E-state index in [2.05, 4.69) is 54.8 Å². The zero-order valence-corrected chi connectivity index (χ0v) is 15.5. The lowest BCUT2D eigenvalue weighted by molar-refractivity contribution is 0.200. The van der Waals surface area contributed by atoms with E-state index in [0.29, 0.717) is 5.78 Å². The van der Waals surface area contributed by atoms with Gasteiger partial charge in [-0.1, -0.05) is 30.3 Å². The highest BCUT2D eigenvalue weighted by molar-refractivity contribution is 7.99. The summed E-state index contributed by atoms with van der Waals surface area (Å²) in [6.45, 7) is 4.28. The standard InChI is InChI=1S/C19H22N6S/c1-2-4-15(5-3-1)17-12-18(25-19(22-17)20-14-21-25)24-9-7-23(8-10-24)16-6-11-26-13-16/h1-5,12,14,16H,6-11,13H2. The Labute approximate surface area is 157 Å². The van der Waals surface area contributed by atoms with Gasteiger partial charge in [0, 0.05) is 49.6 Å². The van der Waals surface area contributed by atoms with Crippen molar-refractivity contribution in [1.29, 1.82) is 0 Å². The smallest absolute Gasteiger partial charge is 0.254 e. The summed E-state index contributed by atoms with van der Waals surface area (Å²) in [6, 6.07) is 13.2. The Hall–Kier alpha value is -2.12. The van der Waals surface area contributed by atoms with Crippen molar-refractivity contribution in [3.8, 4) is 11.3 Å². The molecular weight excluding hydrogens is 344 g/mol. The monoisotopic (exact) mass is 366 g/mol. The van der Waals surface area contributed by atoms with Crippen molar-refractivity contribution in [3.63, 3.8) is 0 Å². The largest absolute Gasteiger partial charge is 0.354 e. The van der Waals surface area contributed by atoms with Gasteiger partial charge in [0.05, 0.1) is 5.69 Å². The number of anilines is 1. The Morgan fingerprint density at radius 3 is 2.65 bits per heavy atom. The summed E-state index contributed by atoms with van der Waals surface area (Å²) in [4.78, 5) is 14.1. The van der Waals surface area contributed by atoms with Gasteiger partial charge < -0.3 is 4.90 Å². The first-order valence-electron chi connectivity index (χ1n) is 9.21. The first-order valence-corrected chi connectivity index (χ1v) is 10.4. The van der Waals surface area contributed by atoms with Gasteiger partial charge in [0.2, 0.25) is 0 Å². The van der Waals surface area contributed by atoms with E-state index >= 15 is 0 Å². The van der Waals surface area contributed by atoms with Crippen LogP contribution in [0.3, 0.4) is 0 Å². The van der Waals surface area contributed by atoms with Gasteiger partial charge in [-0.05, 0) is 12.2 Å². The summed E-state index contributed by atoms with van der Waals surface area (Å²) >= 11 is 2.09. The number of aromatic nitrogens is 4. The van der Waals surface area contributed by atoms with Crippen LogP contribution in [0, 0.1) is 0 Å². The topological polar surface area (TPSA) is 49.6 Å². The third-order valence-electron chi connectivity index (χ3n) is 5.36. The molecule has 2 fully saturated rings. The molecule has 1 aromatic carbocycles. The highest BCUT2D eigenvalue weighted by atomic mass is 32.2. The van der Waals surface area contributed by atoms with E-state index in [1.807, 2.05) is 22.7 Å². The minimum atomic E-state index is 0.663. The van der Waals surface area contributed by atoms with Crippen LogP contribution in [0.1, 0.15) is 6.42 Å². The van der Waals surface area contributed by atoms with Crippen LogP contribution in [0.15, 0.2) is 42.7 Å². The number of nitrogens with zero attached hydrogens (tertiary/aromatic N) is 6. The fourth-order valence-electron chi connectivity index (χ4n) is 3.90. The fourth-order valence-corrected chi connectivity index (χ4v) is 5.16. The average Bonchev–Trinajstić information content (AvgIpc) is 3.40. The minimum Gasteiger partial charge on any atom is -0.354 e. The number of thioether (sulfide) groups is 1. The first-order chi connectivity index (χ1) is 12.9. The van der Waals surface area contributed by atoms with Gasteiger partial charge in [-0.25, -0.2) is 4.98 Å². The summed E-state index contributed by atoms with van der Waals surface area (Å²) in [5.74, 6) is 4.36. The third kappa shape index (κ3) is 2.95. The maximum Gasteiger partial charge on any atom is 0.254 e. The van der Waals surface area contributed by atoms with Crippen molar-refractivity contribution in [1.82, 2.24) is 24.5 Å². The molecule has 7 heteroatoms. The molecule has 0 saturated carbocycles. The van der Waals surface area contributed by atoms with Crippen molar-refractivity contribution < 1.29 is 0 Å². The first kappa shape index (κ1) is 16.1. The Bertz CT molecular complexity index is 881. The molecule has 0 N–H and O–H groups in total. The van der Waals surface area contributed by atoms with E-state index in [4.69, 9.17) is 0 Å². The molecule has 5 rings (SSSR count). The Kier molecular flexibility index (Phi) is 4.26. The predicted octanol–water partition coefficient (Wildman–Crippen LogP) is 2.42. The highest BCUT2D eigenvalue weighted by Crippen LogP contribution is 2.27. The molecule has 6 nitrogen and oxygen atoms in total. The van der Waals surface area contributed by atoms with Crippen LogP contribution in [0.25, 0.3) is 17.0 Å². The quantitative estimate of drug-likeness (QED) is 0.710. The lowest BCUT2D eigenvalue weighted by Gasteiger charge is -2.38. The van der Waals surface area contributed by atoms with E-state index in [0.717, 1.165) is 49.3 Å². The third-order valence-corrected chi connectivity index (χ3v) is 6.51. The van der Waals surface area contributed by atoms with Crippen molar-refractivity contribution in [3.05, 3.63) is 42.7 Å². The summed E-state index contributed by atoms with van der Waals surface area (Å²) in [5.41, 5.74) is 2.07. The Balaban J connectivity index is 1.44. The molecule has 2 aromatic heterocycles. The molecule has 0 amide bonds. The van der Waals surface area contributed by atoms with E-state index in [1.54, 1.807) is 6.33 Å². The minimum absolute atomic E-state index is 0.663. The molecule has 0 bridgehead atoms. The maximum atomic E-state index is 4.69. The van der Waals surface area contributed by atoms with Crippen molar-refractivity contribution >= 4 is 23.4 Å². The molecule has 2 aliphatic heterocycles. The highest BCUT2D eigenvalue weighted by Gasteiger charge is 2.27. The molecule has 0 spiro atoms. The molecule has 1 unspecified atom stereocenters. The Morgan fingerprint density at radius 2 is 1.88 bits per heavy atom. The molecule has 134 valence electrons. The number of hydrogen-bond donors (Lipinski definition) is 0. The lowest BCUT2D eigenvalue weighted by atomic mass is 10.1. The Morgan fingerprint density at radius 1 is 1.04 bits per heavy atom. The van der Waals surface area contributed by atoms with Gasteiger partial charge in [0.15, 0.2) is 0 Å². The van der Waals surface area contributed by atoms with Gasteiger partial charge in [-0.15, -0.1) is 0 Å². The number of fused-ring (bicyclic) bond motifs is 1. The molecule has 1 atom stereocenters. The van der Waals surface area contributed by atoms with Crippen LogP contribution in [0.5, 0.6) is 0 Å². The zero-order valence-electron chi connectivity index (χ0n) is 14.7. The molecule has 2 saturated heterocycles. The molecule has 2 aliphatic rings. The van der Waals surface area contributed by atoms with Crippen LogP contribution in [-0.4, -0.2) is 68.2 Å². The number of rotatable bonds is 3. The van der Waals surface area contributed by atoms with Gasteiger partial charge in [0.25, 0.3) is 5.78 Å². The normalized spacial score (nSPS) is 21.5. The van der Waals surface area contributed by atoms with E-state index in [-0.39, 0.29) is 0 Å². The summed E-state index contributed by atoms with van der Waals surface area (Å²) < 4.78 is 1.87. The predicted molar refractivity (Wildman–Crippen MR) is 106 cm³/mol. The second-order valence-electron chi connectivity index (χ2n) is 6.88. The summed E-state index contributed by atoms with van der Waals surface area (Å²) in [5, 5.41) is 4.41. The zero-order chi connectivity index (χ0) is 17.3. The number of piperazine rings is 1. The second-order valence-corrected chi connectivity index (χ2v) is 8.03. The van der Waals surface area contributed by atoms with E-state index < -0.39 is 0 Å². The average molecular weight is 366 g/mol. The maximum absolute atomic E-state index is 4.69. The van der Waals surface area contributed by atoms with Crippen LogP contribution >= 0.6 is 11.8 Å². The SMILES string of the molecule is c1ccc(-c2cc(N3CCN(C4CCSC4)CC3)n3ncnc3n2)cc1. The fraction of sp³-hybridized carbons (Fsp3) is 0.421. The van der Waals surface area contributed by atoms with Gasteiger partial charge in [-0.3, -0.25) is 4.90 Å². The number of hydrogen-bond acceptors (Lipinski definition) is 6. The van der Waals surface area contributed by atoms with Crippen molar-refractivity contribution in [2.24, 2.45) is 0 Å².